The topological polar surface area (TPSA) is 62.3 Å². The van der Waals surface area contributed by atoms with Crippen LogP contribution in [0.25, 0.3) is 0 Å². The van der Waals surface area contributed by atoms with Gasteiger partial charge in [0.1, 0.15) is 11.6 Å². The van der Waals surface area contributed by atoms with Crippen molar-refractivity contribution in [3.63, 3.8) is 0 Å². The molecule has 0 fully saturated rings. The van der Waals surface area contributed by atoms with Crippen LogP contribution in [-0.2, 0) is 13.1 Å². The van der Waals surface area contributed by atoms with Crippen molar-refractivity contribution in [1.29, 1.82) is 5.41 Å². The number of nitrogens with one attached hydrogen (secondary N) is 1. The molecule has 0 heterocycles. The molecule has 2 rings (SSSR count). The van der Waals surface area contributed by atoms with Crippen molar-refractivity contribution in [2.24, 2.45) is 5.73 Å². The highest BCUT2D eigenvalue weighted by Crippen LogP contribution is 2.19. The van der Waals surface area contributed by atoms with Gasteiger partial charge in [0.15, 0.2) is 0 Å². The Morgan fingerprint density at radius 1 is 1.14 bits per heavy atom. The molecule has 0 aliphatic heterocycles. The zero-order valence-electron chi connectivity index (χ0n) is 12.5. The van der Waals surface area contributed by atoms with Crippen LogP contribution in [0.3, 0.4) is 0 Å². The molecule has 4 heteroatoms. The van der Waals surface area contributed by atoms with Crippen LogP contribution < -0.4 is 10.5 Å². The van der Waals surface area contributed by atoms with E-state index in [1.165, 1.54) is 0 Å². The molecule has 0 spiro atoms. The molecule has 3 N–H and O–H groups in total. The van der Waals surface area contributed by atoms with Gasteiger partial charge in [0.25, 0.3) is 0 Å². The second-order valence-electron chi connectivity index (χ2n) is 5.10. The lowest BCUT2D eigenvalue weighted by Gasteiger charge is -2.18. The van der Waals surface area contributed by atoms with E-state index in [-0.39, 0.29) is 5.84 Å². The van der Waals surface area contributed by atoms with Gasteiger partial charge in [-0.3, -0.25) is 10.3 Å². The lowest BCUT2D eigenvalue weighted by molar-refractivity contribution is 0.310. The molecule has 0 aliphatic rings. The van der Waals surface area contributed by atoms with Gasteiger partial charge in [0.05, 0.1) is 7.11 Å². The smallest absolute Gasteiger partial charge is 0.123 e. The Balaban J connectivity index is 2.06. The van der Waals surface area contributed by atoms with E-state index < -0.39 is 0 Å². The van der Waals surface area contributed by atoms with Crippen LogP contribution in [0, 0.1) is 5.41 Å². The summed E-state index contributed by atoms with van der Waals surface area (Å²) in [5.41, 5.74) is 8.59. The fraction of sp³-hybridized carbons (Fsp3) is 0.235. The molecule has 0 saturated heterocycles. The quantitative estimate of drug-likeness (QED) is 0.633. The van der Waals surface area contributed by atoms with Gasteiger partial charge in [0, 0.05) is 24.2 Å². The Labute approximate surface area is 125 Å². The minimum atomic E-state index is 0.101. The zero-order valence-corrected chi connectivity index (χ0v) is 12.5. The molecule has 110 valence electrons. The predicted octanol–water partition coefficient (Wildman–Crippen LogP) is 2.61. The molecule has 0 saturated carbocycles. The largest absolute Gasteiger partial charge is 0.496 e. The number of benzene rings is 2. The van der Waals surface area contributed by atoms with Crippen LogP contribution in [-0.4, -0.2) is 24.9 Å². The number of rotatable bonds is 6. The summed E-state index contributed by atoms with van der Waals surface area (Å²) >= 11 is 0. The molecular weight excluding hydrogens is 262 g/mol. The molecule has 0 amide bonds. The van der Waals surface area contributed by atoms with E-state index in [0.29, 0.717) is 0 Å². The minimum Gasteiger partial charge on any atom is -0.496 e. The summed E-state index contributed by atoms with van der Waals surface area (Å²) in [5.74, 6) is 1.01. The van der Waals surface area contributed by atoms with Crippen molar-refractivity contribution in [3.05, 3.63) is 65.2 Å². The Bertz CT molecular complexity index is 625. The summed E-state index contributed by atoms with van der Waals surface area (Å²) in [6, 6.07) is 15.8. The maximum atomic E-state index is 7.49. The molecular formula is C17H21N3O. The van der Waals surface area contributed by atoms with Crippen LogP contribution in [0.4, 0.5) is 0 Å². The van der Waals surface area contributed by atoms with E-state index >= 15 is 0 Å². The van der Waals surface area contributed by atoms with Gasteiger partial charge in [-0.05, 0) is 24.7 Å². The average molecular weight is 283 g/mol. The second kappa shape index (κ2) is 6.90. The van der Waals surface area contributed by atoms with Gasteiger partial charge in [-0.2, -0.15) is 0 Å². The maximum Gasteiger partial charge on any atom is 0.123 e. The fourth-order valence-electron chi connectivity index (χ4n) is 2.33. The third-order valence-corrected chi connectivity index (χ3v) is 3.32. The second-order valence-corrected chi connectivity index (χ2v) is 5.10. The summed E-state index contributed by atoms with van der Waals surface area (Å²) in [6.07, 6.45) is 0. The summed E-state index contributed by atoms with van der Waals surface area (Å²) < 4.78 is 5.38. The number of hydrogen-bond acceptors (Lipinski definition) is 3. The van der Waals surface area contributed by atoms with Crippen LogP contribution in [0.15, 0.2) is 48.5 Å². The maximum absolute atomic E-state index is 7.49. The first-order valence-corrected chi connectivity index (χ1v) is 6.84. The van der Waals surface area contributed by atoms with E-state index in [1.807, 2.05) is 42.5 Å². The summed E-state index contributed by atoms with van der Waals surface area (Å²) in [5, 5.41) is 7.49. The molecule has 0 bridgehead atoms. The molecule has 0 unspecified atom stereocenters. The highest BCUT2D eigenvalue weighted by atomic mass is 16.5. The number of ether oxygens (including phenoxy) is 1. The van der Waals surface area contributed by atoms with Crippen LogP contribution >= 0.6 is 0 Å². The first kappa shape index (κ1) is 15.1. The first-order chi connectivity index (χ1) is 10.1. The summed E-state index contributed by atoms with van der Waals surface area (Å²) in [4.78, 5) is 2.21. The lowest BCUT2D eigenvalue weighted by atomic mass is 10.1. The van der Waals surface area contributed by atoms with E-state index in [2.05, 4.69) is 18.0 Å². The molecule has 0 atom stereocenters. The number of nitrogens with zero attached hydrogens (tertiary/aromatic N) is 1. The lowest BCUT2D eigenvalue weighted by Crippen LogP contribution is -2.18. The molecule has 2 aromatic carbocycles. The standard InChI is InChI=1S/C17H21N3O/c1-20(12-15-7-3-4-9-16(15)21-2)11-13-6-5-8-14(10-13)17(18)19/h3-10H,11-12H2,1-2H3,(H3,18,19). The normalized spacial score (nSPS) is 10.6. The van der Waals surface area contributed by atoms with Crippen LogP contribution in [0.1, 0.15) is 16.7 Å². The average Bonchev–Trinajstić information content (AvgIpc) is 2.48. The monoisotopic (exact) mass is 283 g/mol. The van der Waals surface area contributed by atoms with E-state index in [9.17, 15) is 0 Å². The number of hydrogen-bond donors (Lipinski definition) is 2. The van der Waals surface area contributed by atoms with Crippen LogP contribution in [0.2, 0.25) is 0 Å². The van der Waals surface area contributed by atoms with Crippen molar-refractivity contribution < 1.29 is 4.74 Å². The van der Waals surface area contributed by atoms with Gasteiger partial charge in [-0.15, -0.1) is 0 Å². The van der Waals surface area contributed by atoms with Gasteiger partial charge in [-0.1, -0.05) is 36.4 Å². The number of para-hydroxylation sites is 1. The fourth-order valence-corrected chi connectivity index (χ4v) is 2.33. The molecule has 4 nitrogen and oxygen atoms in total. The van der Waals surface area contributed by atoms with E-state index in [1.54, 1.807) is 7.11 Å². The SMILES string of the molecule is COc1ccccc1CN(C)Cc1cccc(C(=N)N)c1. The first-order valence-electron chi connectivity index (χ1n) is 6.84. The van der Waals surface area contributed by atoms with Crippen LogP contribution in [0.5, 0.6) is 5.75 Å². The predicted molar refractivity (Wildman–Crippen MR) is 85.6 cm³/mol. The van der Waals surface area contributed by atoms with E-state index in [4.69, 9.17) is 15.9 Å². The number of nitrogen functional groups attached to an aromatic ring is 1. The summed E-state index contributed by atoms with van der Waals surface area (Å²) in [7, 11) is 3.75. The van der Waals surface area contributed by atoms with Gasteiger partial charge < -0.3 is 10.5 Å². The van der Waals surface area contributed by atoms with Gasteiger partial charge in [0.2, 0.25) is 0 Å². The minimum absolute atomic E-state index is 0.101. The summed E-state index contributed by atoms with van der Waals surface area (Å²) in [6.45, 7) is 1.59. The highest BCUT2D eigenvalue weighted by molar-refractivity contribution is 5.95. The van der Waals surface area contributed by atoms with Crippen molar-refractivity contribution in [2.45, 2.75) is 13.1 Å². The Morgan fingerprint density at radius 2 is 1.90 bits per heavy atom. The van der Waals surface area contributed by atoms with Crippen molar-refractivity contribution in [1.82, 2.24) is 4.90 Å². The zero-order chi connectivity index (χ0) is 15.2. The molecule has 0 aliphatic carbocycles. The number of nitrogens with two attached hydrogens (primary N) is 1. The van der Waals surface area contributed by atoms with Gasteiger partial charge >= 0.3 is 0 Å². The van der Waals surface area contributed by atoms with Crippen molar-refractivity contribution in [3.8, 4) is 5.75 Å². The van der Waals surface area contributed by atoms with Crippen molar-refractivity contribution >= 4 is 5.84 Å². The Hall–Kier alpha value is -2.33. The molecule has 21 heavy (non-hydrogen) atoms. The number of methoxy groups -OCH3 is 1. The Morgan fingerprint density at radius 3 is 2.62 bits per heavy atom. The molecule has 0 radical (unpaired) electrons. The highest BCUT2D eigenvalue weighted by Gasteiger charge is 2.07. The number of amidine groups is 1. The Kier molecular flexibility index (Phi) is 4.95. The third-order valence-electron chi connectivity index (χ3n) is 3.32. The van der Waals surface area contributed by atoms with E-state index in [0.717, 1.165) is 35.5 Å². The van der Waals surface area contributed by atoms with Gasteiger partial charge in [-0.25, -0.2) is 0 Å². The third kappa shape index (κ3) is 4.07. The van der Waals surface area contributed by atoms with Crippen molar-refractivity contribution in [2.75, 3.05) is 14.2 Å². The molecule has 2 aromatic rings. The molecule has 0 aromatic heterocycles.